The zero-order valence-electron chi connectivity index (χ0n) is 17.6. The number of aromatic nitrogens is 2. The lowest BCUT2D eigenvalue weighted by Gasteiger charge is -2.14. The van der Waals surface area contributed by atoms with Crippen LogP contribution in [0.25, 0.3) is 6.08 Å². The third kappa shape index (κ3) is 5.51. The number of aryl methyl sites for hydroxylation is 2. The third-order valence-electron chi connectivity index (χ3n) is 5.35. The molecule has 1 aliphatic carbocycles. The van der Waals surface area contributed by atoms with Crippen LogP contribution in [0.3, 0.4) is 0 Å². The van der Waals surface area contributed by atoms with E-state index in [2.05, 4.69) is 22.7 Å². The van der Waals surface area contributed by atoms with Crippen LogP contribution in [-0.4, -0.2) is 27.6 Å². The molecule has 1 aliphatic rings. The van der Waals surface area contributed by atoms with Gasteiger partial charge in [-0.15, -0.1) is 0 Å². The maximum Gasteiger partial charge on any atom is 0.253 e. The first-order valence-corrected chi connectivity index (χ1v) is 11.0. The number of hydrogen-bond acceptors (Lipinski definition) is 3. The Hall–Kier alpha value is -2.60. The van der Waals surface area contributed by atoms with Crippen molar-refractivity contribution in [3.05, 3.63) is 52.3 Å². The molecular weight excluding hydrogens is 400 g/mol. The van der Waals surface area contributed by atoms with Crippen LogP contribution in [-0.2, 0) is 11.3 Å². The van der Waals surface area contributed by atoms with Gasteiger partial charge >= 0.3 is 0 Å². The first-order chi connectivity index (χ1) is 14.5. The highest BCUT2D eigenvalue weighted by Gasteiger charge is 2.20. The summed E-state index contributed by atoms with van der Waals surface area (Å²) < 4.78 is 1.76. The summed E-state index contributed by atoms with van der Waals surface area (Å²) in [6, 6.07) is 7.27. The van der Waals surface area contributed by atoms with E-state index in [0.717, 1.165) is 56.3 Å². The van der Waals surface area contributed by atoms with Crippen molar-refractivity contribution in [2.75, 3.05) is 5.32 Å². The molecule has 0 bridgehead atoms. The van der Waals surface area contributed by atoms with Crippen molar-refractivity contribution < 1.29 is 9.59 Å². The Balaban J connectivity index is 1.68. The molecule has 1 aromatic carbocycles. The number of para-hydroxylation sites is 1. The second kappa shape index (κ2) is 10.4. The van der Waals surface area contributed by atoms with E-state index in [9.17, 15) is 9.59 Å². The molecule has 1 saturated carbocycles. The zero-order chi connectivity index (χ0) is 21.5. The quantitative estimate of drug-likeness (QED) is 0.583. The molecule has 7 heteroatoms. The number of nitrogens with one attached hydrogen (secondary N) is 2. The number of rotatable bonds is 8. The fraction of sp³-hybridized carbons (Fsp3) is 0.435. The maximum atomic E-state index is 12.7. The van der Waals surface area contributed by atoms with Gasteiger partial charge in [-0.05, 0) is 44.4 Å². The predicted octanol–water partition coefficient (Wildman–Crippen LogP) is 4.97. The summed E-state index contributed by atoms with van der Waals surface area (Å²) in [6.07, 6.45) is 9.44. The summed E-state index contributed by atoms with van der Waals surface area (Å²) in [6.45, 7) is 4.73. The normalized spacial score (nSPS) is 14.4. The van der Waals surface area contributed by atoms with Gasteiger partial charge in [0.05, 0.1) is 16.9 Å². The van der Waals surface area contributed by atoms with Gasteiger partial charge in [-0.3, -0.25) is 14.3 Å². The van der Waals surface area contributed by atoms with Crippen molar-refractivity contribution in [2.24, 2.45) is 0 Å². The summed E-state index contributed by atoms with van der Waals surface area (Å²) in [7, 11) is 0. The minimum atomic E-state index is -0.326. The van der Waals surface area contributed by atoms with Crippen molar-refractivity contribution in [3.63, 3.8) is 0 Å². The van der Waals surface area contributed by atoms with Gasteiger partial charge in [0.25, 0.3) is 5.91 Å². The summed E-state index contributed by atoms with van der Waals surface area (Å²) in [4.78, 5) is 25.2. The minimum Gasteiger partial charge on any atom is -0.349 e. The standard InChI is InChI=1S/C23H29ClN4O2/c1-3-4-15-28-22(24)18(16(2)27-28)13-14-21(29)26-20-12-8-7-11-19(20)23(30)25-17-9-5-6-10-17/h7-8,11-14,17H,3-6,9-10,15H2,1-2H3,(H,25,30)(H,26,29)/b14-13+. The number of unbranched alkanes of at least 4 members (excludes halogenated alkanes) is 1. The molecule has 2 aromatic rings. The van der Waals surface area contributed by atoms with Gasteiger partial charge < -0.3 is 10.6 Å². The first-order valence-electron chi connectivity index (χ1n) is 10.6. The number of amides is 2. The molecule has 0 spiro atoms. The SMILES string of the molecule is CCCCn1nc(C)c(/C=C/C(=O)Nc2ccccc2C(=O)NC2CCCC2)c1Cl. The summed E-state index contributed by atoms with van der Waals surface area (Å²) >= 11 is 6.42. The van der Waals surface area contributed by atoms with Gasteiger partial charge in [0.2, 0.25) is 5.91 Å². The number of carbonyl (C=O) groups excluding carboxylic acids is 2. The van der Waals surface area contributed by atoms with Crippen LogP contribution < -0.4 is 10.6 Å². The predicted molar refractivity (Wildman–Crippen MR) is 121 cm³/mol. The molecule has 2 amide bonds. The molecule has 2 N–H and O–H groups in total. The van der Waals surface area contributed by atoms with E-state index < -0.39 is 0 Å². The molecule has 160 valence electrons. The van der Waals surface area contributed by atoms with Gasteiger partial charge in [-0.1, -0.05) is 49.9 Å². The Kier molecular flexibility index (Phi) is 7.69. The Labute approximate surface area is 182 Å². The van der Waals surface area contributed by atoms with E-state index in [0.29, 0.717) is 16.4 Å². The lowest BCUT2D eigenvalue weighted by Crippen LogP contribution is -2.33. The molecular formula is C23H29ClN4O2. The number of halogens is 1. The van der Waals surface area contributed by atoms with Gasteiger partial charge in [-0.2, -0.15) is 5.10 Å². The van der Waals surface area contributed by atoms with E-state index in [-0.39, 0.29) is 17.9 Å². The molecule has 0 unspecified atom stereocenters. The Morgan fingerprint density at radius 3 is 2.73 bits per heavy atom. The van der Waals surface area contributed by atoms with Crippen LogP contribution in [0.15, 0.2) is 30.3 Å². The van der Waals surface area contributed by atoms with E-state index in [1.165, 1.54) is 6.08 Å². The monoisotopic (exact) mass is 428 g/mol. The molecule has 6 nitrogen and oxygen atoms in total. The summed E-state index contributed by atoms with van der Waals surface area (Å²) in [5, 5.41) is 10.8. The highest BCUT2D eigenvalue weighted by Crippen LogP contribution is 2.23. The minimum absolute atomic E-state index is 0.155. The van der Waals surface area contributed by atoms with Gasteiger partial charge in [0.1, 0.15) is 5.15 Å². The topological polar surface area (TPSA) is 76.0 Å². The molecule has 0 aliphatic heterocycles. The lowest BCUT2D eigenvalue weighted by molar-refractivity contribution is -0.111. The number of benzene rings is 1. The number of carbonyl (C=O) groups is 2. The van der Waals surface area contributed by atoms with Gasteiger partial charge in [-0.25, -0.2) is 0 Å². The van der Waals surface area contributed by atoms with E-state index in [1.54, 1.807) is 35.0 Å². The second-order valence-electron chi connectivity index (χ2n) is 7.69. The molecule has 3 rings (SSSR count). The van der Waals surface area contributed by atoms with Gasteiger partial charge in [0, 0.05) is 24.2 Å². The zero-order valence-corrected chi connectivity index (χ0v) is 18.3. The van der Waals surface area contributed by atoms with Crippen LogP contribution in [0.2, 0.25) is 5.15 Å². The number of hydrogen-bond donors (Lipinski definition) is 2. The van der Waals surface area contributed by atoms with Crippen LogP contribution in [0, 0.1) is 6.92 Å². The van der Waals surface area contributed by atoms with Crippen molar-refractivity contribution in [2.45, 2.75) is 65.0 Å². The molecule has 1 aromatic heterocycles. The molecule has 0 radical (unpaired) electrons. The lowest BCUT2D eigenvalue weighted by atomic mass is 10.1. The molecule has 1 heterocycles. The van der Waals surface area contributed by atoms with E-state index in [1.807, 2.05) is 6.92 Å². The fourth-order valence-corrected chi connectivity index (χ4v) is 3.99. The highest BCUT2D eigenvalue weighted by molar-refractivity contribution is 6.31. The largest absolute Gasteiger partial charge is 0.349 e. The van der Waals surface area contributed by atoms with Crippen molar-refractivity contribution >= 4 is 35.2 Å². The van der Waals surface area contributed by atoms with Crippen LogP contribution in [0.5, 0.6) is 0 Å². The van der Waals surface area contributed by atoms with E-state index >= 15 is 0 Å². The van der Waals surface area contributed by atoms with Crippen LogP contribution >= 0.6 is 11.6 Å². The van der Waals surface area contributed by atoms with Crippen molar-refractivity contribution in [1.29, 1.82) is 0 Å². The summed E-state index contributed by atoms with van der Waals surface area (Å²) in [5.41, 5.74) is 2.46. The third-order valence-corrected chi connectivity index (χ3v) is 5.75. The second-order valence-corrected chi connectivity index (χ2v) is 8.05. The van der Waals surface area contributed by atoms with Crippen LogP contribution in [0.1, 0.15) is 67.1 Å². The maximum absolute atomic E-state index is 12.7. The van der Waals surface area contributed by atoms with Crippen LogP contribution in [0.4, 0.5) is 5.69 Å². The Morgan fingerprint density at radius 1 is 1.27 bits per heavy atom. The fourth-order valence-electron chi connectivity index (χ4n) is 3.67. The van der Waals surface area contributed by atoms with Crippen molar-refractivity contribution in [3.8, 4) is 0 Å². The smallest absolute Gasteiger partial charge is 0.253 e. The van der Waals surface area contributed by atoms with Gasteiger partial charge in [0.15, 0.2) is 0 Å². The number of nitrogens with zero attached hydrogens (tertiary/aromatic N) is 2. The molecule has 0 atom stereocenters. The Morgan fingerprint density at radius 2 is 2.00 bits per heavy atom. The average Bonchev–Trinajstić information content (AvgIpc) is 3.33. The highest BCUT2D eigenvalue weighted by atomic mass is 35.5. The van der Waals surface area contributed by atoms with Crippen molar-refractivity contribution in [1.82, 2.24) is 15.1 Å². The summed E-state index contributed by atoms with van der Waals surface area (Å²) in [5.74, 6) is -0.481. The molecule has 30 heavy (non-hydrogen) atoms. The average molecular weight is 429 g/mol. The molecule has 1 fully saturated rings. The molecule has 0 saturated heterocycles. The van der Waals surface area contributed by atoms with E-state index in [4.69, 9.17) is 11.6 Å². The number of anilines is 1. The first kappa shape index (κ1) is 22.1. The Bertz CT molecular complexity index is 929.